The number of carbonyl (C=O) groups excluding carboxylic acids is 1. The Morgan fingerprint density at radius 3 is 2.55 bits per heavy atom. The van der Waals surface area contributed by atoms with Crippen molar-refractivity contribution in [2.45, 2.75) is 46.1 Å². The van der Waals surface area contributed by atoms with E-state index in [0.717, 1.165) is 12.0 Å². The van der Waals surface area contributed by atoms with Crippen molar-refractivity contribution in [2.75, 3.05) is 7.11 Å². The topological polar surface area (TPSA) is 75.6 Å². The minimum atomic E-state index is -0.997. The Balaban J connectivity index is 2.61. The van der Waals surface area contributed by atoms with Crippen molar-refractivity contribution in [3.05, 3.63) is 29.8 Å². The minimum Gasteiger partial charge on any atom is -0.497 e. The van der Waals surface area contributed by atoms with Crippen LogP contribution in [0.25, 0.3) is 0 Å². The van der Waals surface area contributed by atoms with Gasteiger partial charge < -0.3 is 15.2 Å². The van der Waals surface area contributed by atoms with Crippen molar-refractivity contribution in [1.29, 1.82) is 0 Å². The van der Waals surface area contributed by atoms with E-state index < -0.39 is 12.0 Å². The van der Waals surface area contributed by atoms with E-state index in [0.29, 0.717) is 12.2 Å². The van der Waals surface area contributed by atoms with Crippen LogP contribution in [-0.2, 0) is 16.0 Å². The van der Waals surface area contributed by atoms with Crippen molar-refractivity contribution >= 4 is 11.9 Å². The lowest BCUT2D eigenvalue weighted by atomic mass is 9.88. The number of aliphatic carboxylic acids is 1. The van der Waals surface area contributed by atoms with Crippen LogP contribution in [0.15, 0.2) is 24.3 Å². The van der Waals surface area contributed by atoms with Crippen LogP contribution in [0, 0.1) is 5.41 Å². The van der Waals surface area contributed by atoms with Gasteiger partial charge in [-0.1, -0.05) is 32.9 Å². The van der Waals surface area contributed by atoms with E-state index in [9.17, 15) is 14.7 Å². The summed E-state index contributed by atoms with van der Waals surface area (Å²) in [7, 11) is 1.56. The van der Waals surface area contributed by atoms with Gasteiger partial charge in [-0.2, -0.15) is 0 Å². The van der Waals surface area contributed by atoms with Crippen molar-refractivity contribution in [3.63, 3.8) is 0 Å². The molecule has 1 atom stereocenters. The van der Waals surface area contributed by atoms with Gasteiger partial charge in [-0.25, -0.2) is 4.79 Å². The standard InChI is InChI=1S/C17H25NO4/c1-17(2,3)9-8-14(16(20)21)18-15(19)11-12-6-5-7-13(10-12)22-4/h5-7,10,14H,8-9,11H2,1-4H3,(H,18,19)(H,20,21). The highest BCUT2D eigenvalue weighted by Gasteiger charge is 2.22. The Morgan fingerprint density at radius 1 is 1.32 bits per heavy atom. The van der Waals surface area contributed by atoms with Crippen LogP contribution < -0.4 is 10.1 Å². The van der Waals surface area contributed by atoms with Gasteiger partial charge in [0.25, 0.3) is 0 Å². The Morgan fingerprint density at radius 2 is 2.00 bits per heavy atom. The molecule has 1 aromatic rings. The summed E-state index contributed by atoms with van der Waals surface area (Å²) in [5.74, 6) is -0.620. The zero-order valence-corrected chi connectivity index (χ0v) is 13.7. The molecular weight excluding hydrogens is 282 g/mol. The normalized spacial score (nSPS) is 12.5. The Bertz CT molecular complexity index is 520. The van der Waals surface area contributed by atoms with Gasteiger partial charge in [-0.15, -0.1) is 0 Å². The third-order valence-corrected chi connectivity index (χ3v) is 3.32. The summed E-state index contributed by atoms with van der Waals surface area (Å²) in [6, 6.07) is 6.33. The van der Waals surface area contributed by atoms with Gasteiger partial charge in [0.1, 0.15) is 11.8 Å². The number of hydrogen-bond donors (Lipinski definition) is 2. The van der Waals surface area contributed by atoms with Crippen molar-refractivity contribution in [1.82, 2.24) is 5.32 Å². The fourth-order valence-corrected chi connectivity index (χ4v) is 2.05. The lowest BCUT2D eigenvalue weighted by Crippen LogP contribution is -2.42. The highest BCUT2D eigenvalue weighted by Crippen LogP contribution is 2.21. The summed E-state index contributed by atoms with van der Waals surface area (Å²) < 4.78 is 5.11. The summed E-state index contributed by atoms with van der Waals surface area (Å²) in [5, 5.41) is 11.8. The van der Waals surface area contributed by atoms with Gasteiger partial charge in [0.2, 0.25) is 5.91 Å². The quantitative estimate of drug-likeness (QED) is 0.812. The first-order chi connectivity index (χ1) is 10.2. The number of nitrogens with one attached hydrogen (secondary N) is 1. The molecule has 0 saturated heterocycles. The molecule has 0 bridgehead atoms. The Labute approximate surface area is 131 Å². The number of carbonyl (C=O) groups is 2. The molecule has 0 saturated carbocycles. The maximum Gasteiger partial charge on any atom is 0.326 e. The molecule has 1 unspecified atom stereocenters. The number of benzene rings is 1. The first-order valence-electron chi connectivity index (χ1n) is 7.36. The molecule has 0 aliphatic rings. The van der Waals surface area contributed by atoms with E-state index in [-0.39, 0.29) is 17.7 Å². The molecule has 0 spiro atoms. The zero-order chi connectivity index (χ0) is 16.8. The smallest absolute Gasteiger partial charge is 0.326 e. The van der Waals surface area contributed by atoms with Crippen LogP contribution >= 0.6 is 0 Å². The number of amides is 1. The fourth-order valence-electron chi connectivity index (χ4n) is 2.05. The predicted octanol–water partition coefficient (Wildman–Crippen LogP) is 2.63. The summed E-state index contributed by atoms with van der Waals surface area (Å²) in [6.45, 7) is 6.14. The molecule has 0 heterocycles. The van der Waals surface area contributed by atoms with Crippen molar-refractivity contribution < 1.29 is 19.4 Å². The van der Waals surface area contributed by atoms with Crippen molar-refractivity contribution in [2.24, 2.45) is 5.41 Å². The molecule has 1 amide bonds. The fraction of sp³-hybridized carbons (Fsp3) is 0.529. The molecule has 0 radical (unpaired) electrons. The molecule has 5 heteroatoms. The highest BCUT2D eigenvalue weighted by atomic mass is 16.5. The van der Waals surface area contributed by atoms with E-state index in [1.165, 1.54) is 0 Å². The second kappa shape index (κ2) is 7.82. The summed E-state index contributed by atoms with van der Waals surface area (Å²) in [6.07, 6.45) is 1.28. The molecule has 0 aromatic heterocycles. The van der Waals surface area contributed by atoms with Crippen molar-refractivity contribution in [3.8, 4) is 5.75 Å². The third kappa shape index (κ3) is 6.61. The molecule has 122 valence electrons. The second-order valence-corrected chi connectivity index (χ2v) is 6.59. The van der Waals surface area contributed by atoms with Gasteiger partial charge in [0.05, 0.1) is 13.5 Å². The molecule has 5 nitrogen and oxygen atoms in total. The molecule has 0 fully saturated rings. The van der Waals surface area contributed by atoms with Gasteiger partial charge in [0, 0.05) is 0 Å². The molecule has 1 rings (SSSR count). The number of methoxy groups -OCH3 is 1. The average Bonchev–Trinajstić information content (AvgIpc) is 2.42. The minimum absolute atomic E-state index is 0.0330. The molecule has 2 N–H and O–H groups in total. The Kier molecular flexibility index (Phi) is 6.40. The number of hydrogen-bond acceptors (Lipinski definition) is 3. The summed E-state index contributed by atoms with van der Waals surface area (Å²) >= 11 is 0. The maximum atomic E-state index is 12.0. The number of ether oxygens (including phenoxy) is 1. The largest absolute Gasteiger partial charge is 0.497 e. The second-order valence-electron chi connectivity index (χ2n) is 6.59. The van der Waals surface area contributed by atoms with Gasteiger partial charge in [0.15, 0.2) is 0 Å². The van der Waals surface area contributed by atoms with E-state index >= 15 is 0 Å². The Hall–Kier alpha value is -2.04. The van der Waals surface area contributed by atoms with Crippen LogP contribution in [0.3, 0.4) is 0 Å². The summed E-state index contributed by atoms with van der Waals surface area (Å²) in [5.41, 5.74) is 0.822. The van der Waals surface area contributed by atoms with Crippen LogP contribution in [-0.4, -0.2) is 30.1 Å². The maximum absolute atomic E-state index is 12.0. The lowest BCUT2D eigenvalue weighted by molar-refractivity contribution is -0.142. The third-order valence-electron chi connectivity index (χ3n) is 3.32. The van der Waals surface area contributed by atoms with E-state index in [2.05, 4.69) is 5.32 Å². The lowest BCUT2D eigenvalue weighted by Gasteiger charge is -2.21. The van der Waals surface area contributed by atoms with Gasteiger partial charge in [-0.3, -0.25) is 4.79 Å². The molecule has 1 aromatic carbocycles. The predicted molar refractivity (Wildman–Crippen MR) is 85.0 cm³/mol. The van der Waals surface area contributed by atoms with E-state index in [4.69, 9.17) is 4.74 Å². The van der Waals surface area contributed by atoms with Crippen LogP contribution in [0.2, 0.25) is 0 Å². The summed E-state index contributed by atoms with van der Waals surface area (Å²) in [4.78, 5) is 23.3. The zero-order valence-electron chi connectivity index (χ0n) is 13.7. The van der Waals surface area contributed by atoms with Gasteiger partial charge in [-0.05, 0) is 36.0 Å². The van der Waals surface area contributed by atoms with Crippen LogP contribution in [0.5, 0.6) is 5.75 Å². The number of carboxylic acid groups (broad SMARTS) is 1. The van der Waals surface area contributed by atoms with Gasteiger partial charge >= 0.3 is 5.97 Å². The first kappa shape index (κ1) is 18.0. The van der Waals surface area contributed by atoms with Crippen LogP contribution in [0.1, 0.15) is 39.2 Å². The molecular formula is C17H25NO4. The molecule has 22 heavy (non-hydrogen) atoms. The molecule has 0 aliphatic carbocycles. The number of rotatable bonds is 7. The SMILES string of the molecule is COc1cccc(CC(=O)NC(CCC(C)(C)C)C(=O)O)c1. The highest BCUT2D eigenvalue weighted by molar-refractivity contribution is 5.84. The van der Waals surface area contributed by atoms with Crippen LogP contribution in [0.4, 0.5) is 0 Å². The monoisotopic (exact) mass is 307 g/mol. The first-order valence-corrected chi connectivity index (χ1v) is 7.36. The van der Waals surface area contributed by atoms with E-state index in [1.54, 1.807) is 25.3 Å². The average molecular weight is 307 g/mol. The van der Waals surface area contributed by atoms with E-state index in [1.807, 2.05) is 26.8 Å². The molecule has 0 aliphatic heterocycles. The number of carboxylic acids is 1.